The van der Waals surface area contributed by atoms with Crippen LogP contribution in [0.25, 0.3) is 10.2 Å². The van der Waals surface area contributed by atoms with E-state index in [9.17, 15) is 0 Å². The Morgan fingerprint density at radius 3 is 2.93 bits per heavy atom. The highest BCUT2D eigenvalue weighted by Gasteiger charge is 2.08. The molecule has 1 heterocycles. The molecule has 1 aromatic carbocycles. The summed E-state index contributed by atoms with van der Waals surface area (Å²) in [6.07, 6.45) is 0. The molecule has 0 atom stereocenters. The van der Waals surface area contributed by atoms with Crippen LogP contribution in [0.1, 0.15) is 5.56 Å². The summed E-state index contributed by atoms with van der Waals surface area (Å²) in [4.78, 5) is 4.25. The summed E-state index contributed by atoms with van der Waals surface area (Å²) >= 11 is 7.47. The first-order valence-electron chi connectivity index (χ1n) is 3.73. The van der Waals surface area contributed by atoms with E-state index in [0.717, 1.165) is 31.1 Å². The molecule has 14 heavy (non-hydrogen) atoms. The van der Waals surface area contributed by atoms with Gasteiger partial charge in [-0.2, -0.15) is 0 Å². The fraction of sp³-hybridized carbons (Fsp3) is 0.125. The number of nitrogens with zero attached hydrogens (tertiary/aromatic N) is 1. The molecule has 74 valence electrons. The minimum atomic E-state index is -0.0312. The van der Waals surface area contributed by atoms with Crippen LogP contribution in [0.4, 0.5) is 0 Å². The maximum atomic E-state index is 8.97. The number of fused-ring (bicyclic) bond motifs is 1. The molecule has 0 spiro atoms. The van der Waals surface area contributed by atoms with Crippen LogP contribution in [0.3, 0.4) is 0 Å². The lowest BCUT2D eigenvalue weighted by Gasteiger charge is -1.96. The Morgan fingerprint density at radius 1 is 1.50 bits per heavy atom. The van der Waals surface area contributed by atoms with Crippen molar-refractivity contribution in [3.63, 3.8) is 0 Å². The maximum absolute atomic E-state index is 8.97. The van der Waals surface area contributed by atoms with Gasteiger partial charge in [-0.3, -0.25) is 0 Å². The van der Waals surface area contributed by atoms with E-state index in [2.05, 4.69) is 4.98 Å². The summed E-state index contributed by atoms with van der Waals surface area (Å²) < 4.78 is 1.67. The maximum Gasteiger partial charge on any atom is 0.166 e. The van der Waals surface area contributed by atoms with Gasteiger partial charge in [0.15, 0.2) is 4.34 Å². The van der Waals surface area contributed by atoms with Gasteiger partial charge in [0, 0.05) is 11.0 Å². The van der Waals surface area contributed by atoms with Gasteiger partial charge in [-0.25, -0.2) is 4.98 Å². The molecule has 1 aromatic heterocycles. The van der Waals surface area contributed by atoms with Crippen molar-refractivity contribution in [3.05, 3.63) is 22.7 Å². The molecule has 0 fully saturated rings. The molecule has 0 amide bonds. The summed E-state index contributed by atoms with van der Waals surface area (Å²) in [6, 6.07) is 3.55. The number of aliphatic hydroxyl groups excluding tert-OH is 1. The average Bonchev–Trinajstić information content (AvgIpc) is 2.61. The summed E-state index contributed by atoms with van der Waals surface area (Å²) in [5.74, 6) is 0. The van der Waals surface area contributed by atoms with Crippen molar-refractivity contribution in [3.8, 4) is 0 Å². The lowest BCUT2D eigenvalue weighted by molar-refractivity contribution is 0.282. The SMILES string of the molecule is OCc1cc(Cl)c2sc(SCl)nc2c1. The zero-order valence-electron chi connectivity index (χ0n) is 6.83. The van der Waals surface area contributed by atoms with Gasteiger partial charge in [-0.05, 0) is 28.4 Å². The van der Waals surface area contributed by atoms with Crippen molar-refractivity contribution in [2.24, 2.45) is 0 Å². The van der Waals surface area contributed by atoms with E-state index in [1.807, 2.05) is 6.07 Å². The Morgan fingerprint density at radius 2 is 2.29 bits per heavy atom. The molecule has 1 N–H and O–H groups in total. The predicted octanol–water partition coefficient (Wildman–Crippen LogP) is 3.69. The fourth-order valence-corrected chi connectivity index (χ4v) is 3.08. The highest BCUT2D eigenvalue weighted by atomic mass is 35.7. The molecular weight excluding hydrogens is 261 g/mol. The van der Waals surface area contributed by atoms with Gasteiger partial charge in [0.25, 0.3) is 0 Å². The van der Waals surface area contributed by atoms with Gasteiger partial charge in [-0.15, -0.1) is 11.3 Å². The van der Waals surface area contributed by atoms with Crippen LogP contribution >= 0.6 is 44.6 Å². The molecule has 0 aliphatic rings. The molecule has 6 heteroatoms. The number of thiazole rings is 1. The molecular formula is C8H5Cl2NOS2. The molecule has 0 unspecified atom stereocenters. The standard InChI is InChI=1S/C8H5Cl2NOS2/c9-5-1-4(3-12)2-6-7(5)13-8(11-6)14-10/h1-2,12H,3H2. The number of hydrogen-bond donors (Lipinski definition) is 1. The van der Waals surface area contributed by atoms with Crippen molar-refractivity contribution in [2.75, 3.05) is 0 Å². The fourth-order valence-electron chi connectivity index (χ4n) is 1.15. The summed E-state index contributed by atoms with van der Waals surface area (Å²) in [5.41, 5.74) is 1.55. The summed E-state index contributed by atoms with van der Waals surface area (Å²) in [6.45, 7) is -0.0312. The Hall–Kier alpha value is -0.000000000000000167. The lowest BCUT2D eigenvalue weighted by Crippen LogP contribution is -1.82. The van der Waals surface area contributed by atoms with E-state index in [4.69, 9.17) is 27.4 Å². The third-order valence-corrected chi connectivity index (χ3v) is 4.48. The van der Waals surface area contributed by atoms with Crippen LogP contribution in [0, 0.1) is 0 Å². The zero-order chi connectivity index (χ0) is 10.1. The van der Waals surface area contributed by atoms with Crippen LogP contribution < -0.4 is 0 Å². The molecule has 2 nitrogen and oxygen atoms in total. The van der Waals surface area contributed by atoms with E-state index in [0.29, 0.717) is 5.02 Å². The quantitative estimate of drug-likeness (QED) is 0.899. The Balaban J connectivity index is 2.67. The second-order valence-corrected chi connectivity index (χ2v) is 5.31. The first kappa shape index (κ1) is 10.5. The third-order valence-electron chi connectivity index (χ3n) is 1.73. The van der Waals surface area contributed by atoms with E-state index < -0.39 is 0 Å². The number of hydrogen-bond acceptors (Lipinski definition) is 4. The minimum Gasteiger partial charge on any atom is -0.392 e. The minimum absolute atomic E-state index is 0.0312. The van der Waals surface area contributed by atoms with Crippen molar-refractivity contribution in [1.82, 2.24) is 4.98 Å². The Kier molecular flexibility index (Phi) is 3.19. The Bertz CT molecular complexity index is 472. The van der Waals surface area contributed by atoms with Gasteiger partial charge in [0.2, 0.25) is 0 Å². The summed E-state index contributed by atoms with van der Waals surface area (Å²) in [7, 11) is 6.67. The highest BCUT2D eigenvalue weighted by Crippen LogP contribution is 2.36. The molecule has 0 saturated carbocycles. The highest BCUT2D eigenvalue weighted by molar-refractivity contribution is 8.22. The van der Waals surface area contributed by atoms with Crippen molar-refractivity contribution in [2.45, 2.75) is 10.9 Å². The largest absolute Gasteiger partial charge is 0.392 e. The predicted molar refractivity (Wildman–Crippen MR) is 62.3 cm³/mol. The monoisotopic (exact) mass is 265 g/mol. The van der Waals surface area contributed by atoms with Crippen LogP contribution in [0.2, 0.25) is 5.02 Å². The number of halogens is 2. The topological polar surface area (TPSA) is 33.1 Å². The van der Waals surface area contributed by atoms with Crippen LogP contribution in [0.5, 0.6) is 0 Å². The number of aromatic nitrogens is 1. The van der Waals surface area contributed by atoms with Gasteiger partial charge in [0.1, 0.15) is 0 Å². The van der Waals surface area contributed by atoms with Crippen molar-refractivity contribution < 1.29 is 5.11 Å². The molecule has 2 aromatic rings. The van der Waals surface area contributed by atoms with Crippen LogP contribution in [0.15, 0.2) is 16.5 Å². The van der Waals surface area contributed by atoms with Gasteiger partial charge in [-0.1, -0.05) is 11.6 Å². The van der Waals surface area contributed by atoms with Crippen LogP contribution in [-0.4, -0.2) is 10.1 Å². The first-order valence-corrected chi connectivity index (χ1v) is 6.56. The van der Waals surface area contributed by atoms with Crippen LogP contribution in [-0.2, 0) is 6.61 Å². The number of aliphatic hydroxyl groups is 1. The molecule has 0 radical (unpaired) electrons. The van der Waals surface area contributed by atoms with Gasteiger partial charge >= 0.3 is 0 Å². The summed E-state index contributed by atoms with van der Waals surface area (Å²) in [5, 5.41) is 9.58. The zero-order valence-corrected chi connectivity index (χ0v) is 9.97. The average molecular weight is 266 g/mol. The van der Waals surface area contributed by atoms with Gasteiger partial charge < -0.3 is 5.11 Å². The first-order chi connectivity index (χ1) is 6.74. The molecule has 0 aliphatic carbocycles. The second-order valence-electron chi connectivity index (χ2n) is 2.64. The van der Waals surface area contributed by atoms with E-state index in [1.54, 1.807) is 6.07 Å². The van der Waals surface area contributed by atoms with Crippen molar-refractivity contribution in [1.29, 1.82) is 0 Å². The lowest BCUT2D eigenvalue weighted by atomic mass is 10.2. The molecule has 0 aliphatic heterocycles. The third kappa shape index (κ3) is 1.85. The van der Waals surface area contributed by atoms with E-state index >= 15 is 0 Å². The number of benzene rings is 1. The molecule has 0 saturated heterocycles. The molecule has 0 bridgehead atoms. The normalized spacial score (nSPS) is 11.1. The van der Waals surface area contributed by atoms with E-state index in [-0.39, 0.29) is 6.61 Å². The van der Waals surface area contributed by atoms with E-state index in [1.165, 1.54) is 11.3 Å². The second kappa shape index (κ2) is 4.24. The number of rotatable bonds is 2. The van der Waals surface area contributed by atoms with Crippen molar-refractivity contribution >= 4 is 54.8 Å². The Labute approximate surface area is 98.4 Å². The molecule has 2 rings (SSSR count). The smallest absolute Gasteiger partial charge is 0.166 e. The van der Waals surface area contributed by atoms with Gasteiger partial charge in [0.05, 0.1) is 21.8 Å².